The minimum atomic E-state index is -0.668. The van der Waals surface area contributed by atoms with Crippen LogP contribution in [0.4, 0.5) is 0 Å². The summed E-state index contributed by atoms with van der Waals surface area (Å²) >= 11 is 3.59. The predicted octanol–water partition coefficient (Wildman–Crippen LogP) is 6.24. The zero-order valence-corrected chi connectivity index (χ0v) is 19.1. The molecular formula is C26H26BrNO2. The third kappa shape index (κ3) is 6.14. The summed E-state index contributed by atoms with van der Waals surface area (Å²) < 4.78 is 6.68. The van der Waals surface area contributed by atoms with Crippen molar-refractivity contribution in [2.24, 2.45) is 4.99 Å². The van der Waals surface area contributed by atoms with Crippen LogP contribution in [0.2, 0.25) is 0 Å². The summed E-state index contributed by atoms with van der Waals surface area (Å²) in [6, 6.07) is 27.1. The molecule has 3 aromatic rings. The Hall–Kier alpha value is -2.72. The molecule has 30 heavy (non-hydrogen) atoms. The monoisotopic (exact) mass is 463 g/mol. The van der Waals surface area contributed by atoms with Crippen molar-refractivity contribution in [2.75, 3.05) is 0 Å². The molecule has 3 nitrogen and oxygen atoms in total. The van der Waals surface area contributed by atoms with Crippen LogP contribution >= 0.6 is 15.9 Å². The van der Waals surface area contributed by atoms with Gasteiger partial charge in [-0.15, -0.1) is 0 Å². The smallest absolute Gasteiger partial charge is 0.331 e. The van der Waals surface area contributed by atoms with Crippen LogP contribution in [0.25, 0.3) is 0 Å². The first kappa shape index (κ1) is 22.0. The van der Waals surface area contributed by atoms with E-state index in [0.29, 0.717) is 6.42 Å². The van der Waals surface area contributed by atoms with Gasteiger partial charge in [-0.05, 0) is 32.4 Å². The Labute approximate surface area is 187 Å². The maximum Gasteiger partial charge on any atom is 0.331 e. The Morgan fingerprint density at radius 2 is 1.37 bits per heavy atom. The number of nitrogens with zero attached hydrogens (tertiary/aromatic N) is 1. The molecule has 0 aliphatic heterocycles. The Balaban J connectivity index is 2.08. The molecule has 0 unspecified atom stereocenters. The van der Waals surface area contributed by atoms with Crippen molar-refractivity contribution >= 4 is 27.6 Å². The first-order valence-electron chi connectivity index (χ1n) is 9.98. The molecule has 3 aromatic carbocycles. The van der Waals surface area contributed by atoms with E-state index in [1.165, 1.54) is 0 Å². The molecule has 4 heteroatoms. The molecule has 0 amide bonds. The molecule has 0 aliphatic carbocycles. The fourth-order valence-electron chi connectivity index (χ4n) is 3.09. The molecule has 0 heterocycles. The van der Waals surface area contributed by atoms with Gasteiger partial charge in [-0.3, -0.25) is 4.99 Å². The highest BCUT2D eigenvalue weighted by atomic mass is 79.9. The Bertz CT molecular complexity index is 966. The van der Waals surface area contributed by atoms with Crippen LogP contribution in [0.5, 0.6) is 0 Å². The Morgan fingerprint density at radius 1 is 0.867 bits per heavy atom. The van der Waals surface area contributed by atoms with E-state index in [4.69, 9.17) is 9.73 Å². The van der Waals surface area contributed by atoms with Crippen molar-refractivity contribution in [1.29, 1.82) is 0 Å². The first-order chi connectivity index (χ1) is 14.3. The maximum atomic E-state index is 13.1. The van der Waals surface area contributed by atoms with E-state index < -0.39 is 11.6 Å². The van der Waals surface area contributed by atoms with E-state index in [2.05, 4.69) is 15.9 Å². The molecule has 0 bridgehead atoms. The first-order valence-corrected chi connectivity index (χ1v) is 10.8. The van der Waals surface area contributed by atoms with Crippen molar-refractivity contribution in [3.05, 3.63) is 106 Å². The van der Waals surface area contributed by atoms with Crippen LogP contribution in [0.15, 0.2) is 94.4 Å². The second-order valence-electron chi connectivity index (χ2n) is 8.05. The van der Waals surface area contributed by atoms with Crippen molar-refractivity contribution in [1.82, 2.24) is 0 Å². The third-order valence-corrected chi connectivity index (χ3v) is 5.20. The Morgan fingerprint density at radius 3 is 1.87 bits per heavy atom. The quantitative estimate of drug-likeness (QED) is 0.320. The summed E-state index contributed by atoms with van der Waals surface area (Å²) in [4.78, 5) is 18.1. The minimum absolute atomic E-state index is 0.331. The molecule has 154 valence electrons. The lowest BCUT2D eigenvalue weighted by Gasteiger charge is -2.23. The van der Waals surface area contributed by atoms with Gasteiger partial charge in [0.15, 0.2) is 6.04 Å². The van der Waals surface area contributed by atoms with Crippen molar-refractivity contribution in [3.63, 3.8) is 0 Å². The van der Waals surface area contributed by atoms with Crippen LogP contribution in [0.3, 0.4) is 0 Å². The zero-order chi connectivity index (χ0) is 21.6. The largest absolute Gasteiger partial charge is 0.458 e. The fraction of sp³-hybridized carbons (Fsp3) is 0.231. The zero-order valence-electron chi connectivity index (χ0n) is 17.5. The van der Waals surface area contributed by atoms with Gasteiger partial charge in [0, 0.05) is 22.0 Å². The fourth-order valence-corrected chi connectivity index (χ4v) is 3.53. The summed E-state index contributed by atoms with van der Waals surface area (Å²) in [6.45, 7) is 5.62. The van der Waals surface area contributed by atoms with Gasteiger partial charge < -0.3 is 4.74 Å². The van der Waals surface area contributed by atoms with Crippen molar-refractivity contribution in [2.45, 2.75) is 38.8 Å². The topological polar surface area (TPSA) is 38.7 Å². The lowest BCUT2D eigenvalue weighted by molar-refractivity contribution is -0.156. The van der Waals surface area contributed by atoms with E-state index in [0.717, 1.165) is 26.9 Å². The normalized spacial score (nSPS) is 12.1. The van der Waals surface area contributed by atoms with Crippen LogP contribution in [0, 0.1) is 0 Å². The molecule has 0 fully saturated rings. The summed E-state index contributed by atoms with van der Waals surface area (Å²) in [5, 5.41) is 0. The lowest BCUT2D eigenvalue weighted by atomic mass is 10.0. The SMILES string of the molecule is CC(C)(C)OC(=O)[C@H](Cc1ccccc1Br)N=C(c1ccccc1)c1ccccc1. The molecule has 1 atom stereocenters. The number of halogens is 1. The van der Waals surface area contributed by atoms with Gasteiger partial charge in [-0.25, -0.2) is 4.79 Å². The number of hydrogen-bond acceptors (Lipinski definition) is 3. The number of esters is 1. The van der Waals surface area contributed by atoms with Crippen LogP contribution in [-0.2, 0) is 16.0 Å². The molecule has 0 saturated carbocycles. The number of rotatable bonds is 6. The van der Waals surface area contributed by atoms with Crippen molar-refractivity contribution in [3.8, 4) is 0 Å². The second kappa shape index (κ2) is 9.86. The average Bonchev–Trinajstić information content (AvgIpc) is 2.72. The van der Waals surface area contributed by atoms with Crippen LogP contribution < -0.4 is 0 Å². The highest BCUT2D eigenvalue weighted by Gasteiger charge is 2.26. The van der Waals surface area contributed by atoms with E-state index in [1.807, 2.05) is 106 Å². The van der Waals surface area contributed by atoms with Gasteiger partial charge in [-0.1, -0.05) is 94.8 Å². The molecule has 0 aromatic heterocycles. The molecule has 0 saturated heterocycles. The highest BCUT2D eigenvalue weighted by Crippen LogP contribution is 2.22. The van der Waals surface area contributed by atoms with E-state index in [9.17, 15) is 4.79 Å². The standard InChI is InChI=1S/C26H26BrNO2/c1-26(2,3)30-25(29)23(18-21-16-10-11-17-22(21)27)28-24(19-12-6-4-7-13-19)20-14-8-5-9-15-20/h4-17,23H,18H2,1-3H3/t23-/m0/s1. The molecule has 3 rings (SSSR count). The average molecular weight is 464 g/mol. The molecule has 0 aliphatic rings. The molecule has 0 N–H and O–H groups in total. The predicted molar refractivity (Wildman–Crippen MR) is 126 cm³/mol. The number of carbonyl (C=O) groups excluding carboxylic acids is 1. The summed E-state index contributed by atoms with van der Waals surface area (Å²) in [6.07, 6.45) is 0.444. The number of ether oxygens (including phenoxy) is 1. The Kier molecular flexibility index (Phi) is 7.22. The summed E-state index contributed by atoms with van der Waals surface area (Å²) in [5.74, 6) is -0.331. The number of aliphatic imine (C=N–C) groups is 1. The highest BCUT2D eigenvalue weighted by molar-refractivity contribution is 9.10. The van der Waals surface area contributed by atoms with Crippen molar-refractivity contribution < 1.29 is 9.53 Å². The number of hydrogen-bond donors (Lipinski definition) is 0. The maximum absolute atomic E-state index is 13.1. The number of carbonyl (C=O) groups is 1. The lowest BCUT2D eigenvalue weighted by Crippen LogP contribution is -2.33. The van der Waals surface area contributed by atoms with Crippen LogP contribution in [-0.4, -0.2) is 23.3 Å². The van der Waals surface area contributed by atoms with Gasteiger partial charge in [-0.2, -0.15) is 0 Å². The van der Waals surface area contributed by atoms with Gasteiger partial charge in [0.25, 0.3) is 0 Å². The van der Waals surface area contributed by atoms with Gasteiger partial charge in [0.2, 0.25) is 0 Å². The van der Waals surface area contributed by atoms with Gasteiger partial charge in [0.1, 0.15) is 5.60 Å². The van der Waals surface area contributed by atoms with Gasteiger partial charge in [0.05, 0.1) is 5.71 Å². The van der Waals surface area contributed by atoms with Gasteiger partial charge >= 0.3 is 5.97 Å². The molecule has 0 spiro atoms. The van der Waals surface area contributed by atoms with E-state index >= 15 is 0 Å². The van der Waals surface area contributed by atoms with E-state index in [1.54, 1.807) is 0 Å². The second-order valence-corrected chi connectivity index (χ2v) is 8.91. The van der Waals surface area contributed by atoms with Crippen LogP contribution in [0.1, 0.15) is 37.5 Å². The summed E-state index contributed by atoms with van der Waals surface area (Å²) in [5.41, 5.74) is 3.13. The molecule has 0 radical (unpaired) electrons. The summed E-state index contributed by atoms with van der Waals surface area (Å²) in [7, 11) is 0. The third-order valence-electron chi connectivity index (χ3n) is 4.43. The molecular weight excluding hydrogens is 438 g/mol. The number of benzene rings is 3. The minimum Gasteiger partial charge on any atom is -0.458 e. The van der Waals surface area contributed by atoms with E-state index in [-0.39, 0.29) is 5.97 Å².